The van der Waals surface area contributed by atoms with Gasteiger partial charge in [-0.2, -0.15) is 5.10 Å². The van der Waals surface area contributed by atoms with Crippen molar-refractivity contribution in [1.82, 2.24) is 9.78 Å². The number of anilines is 1. The highest BCUT2D eigenvalue weighted by Gasteiger charge is 2.21. The van der Waals surface area contributed by atoms with Crippen molar-refractivity contribution in [3.05, 3.63) is 11.2 Å². The fourth-order valence-corrected chi connectivity index (χ4v) is 2.78. The molecule has 16 heavy (non-hydrogen) atoms. The molecule has 0 bridgehead atoms. The lowest BCUT2D eigenvalue weighted by atomic mass is 9.98. The molecule has 1 aliphatic rings. The van der Waals surface area contributed by atoms with E-state index in [2.05, 4.69) is 12.0 Å². The van der Waals surface area contributed by atoms with Gasteiger partial charge in [0.1, 0.15) is 10.8 Å². The summed E-state index contributed by atoms with van der Waals surface area (Å²) in [5.41, 5.74) is 5.92. The Bertz CT molecular complexity index is 348. The molecule has 0 aliphatic heterocycles. The Kier molecular flexibility index (Phi) is 3.74. The molecule has 0 saturated heterocycles. The number of rotatable bonds is 2. The molecule has 0 amide bonds. The Labute approximate surface area is 102 Å². The van der Waals surface area contributed by atoms with E-state index in [1.54, 1.807) is 6.20 Å². The average molecular weight is 242 g/mol. The maximum Gasteiger partial charge on any atom is 0.140 e. The van der Waals surface area contributed by atoms with E-state index in [9.17, 15) is 0 Å². The van der Waals surface area contributed by atoms with Gasteiger partial charge in [-0.3, -0.25) is 0 Å². The molecule has 2 atom stereocenters. The second-order valence-electron chi connectivity index (χ2n) is 4.76. The second kappa shape index (κ2) is 5.09. The summed E-state index contributed by atoms with van der Waals surface area (Å²) >= 11 is 5.94. The number of nitrogen functional groups attached to an aromatic ring is 1. The number of aromatic nitrogens is 2. The third-order valence-corrected chi connectivity index (χ3v) is 4.06. The monoisotopic (exact) mass is 241 g/mol. The van der Waals surface area contributed by atoms with Crippen molar-refractivity contribution < 1.29 is 0 Å². The van der Waals surface area contributed by atoms with E-state index < -0.39 is 0 Å². The topological polar surface area (TPSA) is 43.8 Å². The number of hydrogen-bond donors (Lipinski definition) is 1. The Hall–Kier alpha value is -0.700. The van der Waals surface area contributed by atoms with Crippen LogP contribution >= 0.6 is 11.6 Å². The predicted molar refractivity (Wildman–Crippen MR) is 67.6 cm³/mol. The molecule has 1 fully saturated rings. The van der Waals surface area contributed by atoms with Crippen LogP contribution in [0.2, 0.25) is 5.02 Å². The standard InChI is InChI=1S/C12H20ClN3/c1-2-9-4-3-5-10(7-6-9)16-12(14)11(13)8-15-16/h8-10H,2-7,14H2,1H3. The van der Waals surface area contributed by atoms with Crippen molar-refractivity contribution in [2.45, 2.75) is 51.5 Å². The molecule has 4 heteroatoms. The summed E-state index contributed by atoms with van der Waals surface area (Å²) in [7, 11) is 0. The lowest BCUT2D eigenvalue weighted by molar-refractivity contribution is 0.395. The molecule has 3 nitrogen and oxygen atoms in total. The maximum absolute atomic E-state index is 5.94. The summed E-state index contributed by atoms with van der Waals surface area (Å²) in [4.78, 5) is 0. The summed E-state index contributed by atoms with van der Waals surface area (Å²) in [6, 6.07) is 0.448. The first-order chi connectivity index (χ1) is 7.72. The van der Waals surface area contributed by atoms with E-state index in [4.69, 9.17) is 17.3 Å². The highest BCUT2D eigenvalue weighted by molar-refractivity contribution is 6.32. The van der Waals surface area contributed by atoms with Crippen LogP contribution in [0.4, 0.5) is 5.82 Å². The second-order valence-corrected chi connectivity index (χ2v) is 5.17. The van der Waals surface area contributed by atoms with Gasteiger partial charge in [-0.25, -0.2) is 4.68 Å². The highest BCUT2D eigenvalue weighted by Crippen LogP contribution is 2.34. The number of halogens is 1. The third-order valence-electron chi connectivity index (χ3n) is 3.77. The van der Waals surface area contributed by atoms with Crippen LogP contribution in [0.15, 0.2) is 6.20 Å². The van der Waals surface area contributed by atoms with Crippen molar-refractivity contribution in [3.63, 3.8) is 0 Å². The molecule has 0 spiro atoms. The predicted octanol–water partition coefficient (Wildman–Crippen LogP) is 3.65. The average Bonchev–Trinajstić information content (AvgIpc) is 2.55. The van der Waals surface area contributed by atoms with Gasteiger partial charge in [0.25, 0.3) is 0 Å². The van der Waals surface area contributed by atoms with Crippen LogP contribution in [0.25, 0.3) is 0 Å². The molecule has 2 rings (SSSR count). The molecule has 2 N–H and O–H groups in total. The van der Waals surface area contributed by atoms with E-state index in [-0.39, 0.29) is 0 Å². The van der Waals surface area contributed by atoms with E-state index >= 15 is 0 Å². The maximum atomic E-state index is 5.94. The quantitative estimate of drug-likeness (QED) is 0.804. The smallest absolute Gasteiger partial charge is 0.140 e. The molecule has 90 valence electrons. The summed E-state index contributed by atoms with van der Waals surface area (Å²) in [5, 5.41) is 4.87. The summed E-state index contributed by atoms with van der Waals surface area (Å²) in [6.45, 7) is 2.28. The Morgan fingerprint density at radius 3 is 2.88 bits per heavy atom. The lowest BCUT2D eigenvalue weighted by Crippen LogP contribution is -2.12. The van der Waals surface area contributed by atoms with Crippen molar-refractivity contribution >= 4 is 17.4 Å². The fourth-order valence-electron chi connectivity index (χ4n) is 2.65. The van der Waals surface area contributed by atoms with Crippen LogP contribution in [0, 0.1) is 5.92 Å². The number of nitrogens with zero attached hydrogens (tertiary/aromatic N) is 2. The van der Waals surface area contributed by atoms with E-state index in [1.165, 1.54) is 38.5 Å². The zero-order valence-electron chi connectivity index (χ0n) is 9.82. The first-order valence-electron chi connectivity index (χ1n) is 6.20. The third kappa shape index (κ3) is 2.34. The molecule has 1 saturated carbocycles. The van der Waals surface area contributed by atoms with Gasteiger partial charge < -0.3 is 5.73 Å². The van der Waals surface area contributed by atoms with Gasteiger partial charge in [0, 0.05) is 0 Å². The molecule has 1 aliphatic carbocycles. The van der Waals surface area contributed by atoms with Crippen molar-refractivity contribution in [2.75, 3.05) is 5.73 Å². The largest absolute Gasteiger partial charge is 0.383 e. The Morgan fingerprint density at radius 2 is 2.25 bits per heavy atom. The Balaban J connectivity index is 2.07. The van der Waals surface area contributed by atoms with Crippen molar-refractivity contribution in [3.8, 4) is 0 Å². The summed E-state index contributed by atoms with van der Waals surface area (Å²) in [6.07, 6.45) is 9.22. The summed E-state index contributed by atoms with van der Waals surface area (Å²) < 4.78 is 1.92. The molecule has 0 radical (unpaired) electrons. The van der Waals surface area contributed by atoms with Gasteiger partial charge in [-0.1, -0.05) is 37.8 Å². The first kappa shape index (κ1) is 11.8. The van der Waals surface area contributed by atoms with Crippen molar-refractivity contribution in [2.24, 2.45) is 5.92 Å². The van der Waals surface area contributed by atoms with Crippen LogP contribution < -0.4 is 5.73 Å². The van der Waals surface area contributed by atoms with Gasteiger partial charge in [-0.15, -0.1) is 0 Å². The first-order valence-corrected chi connectivity index (χ1v) is 6.58. The molecule has 0 aromatic carbocycles. The van der Waals surface area contributed by atoms with Gasteiger partial charge >= 0.3 is 0 Å². The minimum absolute atomic E-state index is 0.448. The van der Waals surface area contributed by atoms with Crippen LogP contribution in [0.3, 0.4) is 0 Å². The normalized spacial score (nSPS) is 26.6. The molecule has 2 unspecified atom stereocenters. The van der Waals surface area contributed by atoms with Crippen LogP contribution in [-0.2, 0) is 0 Å². The van der Waals surface area contributed by atoms with E-state index in [0.717, 1.165) is 5.92 Å². The minimum Gasteiger partial charge on any atom is -0.383 e. The van der Waals surface area contributed by atoms with Crippen LogP contribution in [0.5, 0.6) is 0 Å². The number of hydrogen-bond acceptors (Lipinski definition) is 2. The summed E-state index contributed by atoms with van der Waals surface area (Å²) in [5.74, 6) is 1.51. The Morgan fingerprint density at radius 1 is 1.44 bits per heavy atom. The van der Waals surface area contributed by atoms with Gasteiger partial charge in [0.2, 0.25) is 0 Å². The van der Waals surface area contributed by atoms with E-state index in [0.29, 0.717) is 16.9 Å². The molecule has 1 aromatic rings. The van der Waals surface area contributed by atoms with Crippen LogP contribution in [0.1, 0.15) is 51.5 Å². The van der Waals surface area contributed by atoms with Gasteiger partial charge in [0.05, 0.1) is 12.2 Å². The van der Waals surface area contributed by atoms with Crippen molar-refractivity contribution in [1.29, 1.82) is 0 Å². The SMILES string of the molecule is CCC1CCCC(n2ncc(Cl)c2N)CC1. The fraction of sp³-hybridized carbons (Fsp3) is 0.750. The highest BCUT2D eigenvalue weighted by atomic mass is 35.5. The molecule has 1 heterocycles. The minimum atomic E-state index is 0.448. The lowest BCUT2D eigenvalue weighted by Gasteiger charge is -2.16. The van der Waals surface area contributed by atoms with Gasteiger partial charge in [0.15, 0.2) is 0 Å². The molecular weight excluding hydrogens is 222 g/mol. The van der Waals surface area contributed by atoms with Crippen LogP contribution in [-0.4, -0.2) is 9.78 Å². The molecule has 1 aromatic heterocycles. The zero-order chi connectivity index (χ0) is 11.5. The van der Waals surface area contributed by atoms with Gasteiger partial charge in [-0.05, 0) is 25.2 Å². The molecular formula is C12H20ClN3. The van der Waals surface area contributed by atoms with E-state index in [1.807, 2.05) is 4.68 Å². The zero-order valence-corrected chi connectivity index (χ0v) is 10.6. The number of nitrogens with two attached hydrogens (primary N) is 1.